The maximum absolute atomic E-state index is 13.5. The highest BCUT2D eigenvalue weighted by molar-refractivity contribution is 6.00. The number of hydrogen-bond acceptors (Lipinski definition) is 3. The van der Waals surface area contributed by atoms with E-state index in [-0.39, 0.29) is 5.91 Å². The van der Waals surface area contributed by atoms with Crippen molar-refractivity contribution in [2.45, 2.75) is 32.4 Å². The van der Waals surface area contributed by atoms with Gasteiger partial charge in [-0.2, -0.15) is 0 Å². The van der Waals surface area contributed by atoms with Crippen LogP contribution in [0.3, 0.4) is 0 Å². The largest absolute Gasteiger partial charge is 0.359 e. The molecular weight excluding hydrogens is 498 g/mol. The molecule has 6 N–H and O–H groups in total. The van der Waals surface area contributed by atoms with Gasteiger partial charge in [0.15, 0.2) is 0 Å². The maximum Gasteiger partial charge on any atom is 0.319 e. The number of rotatable bonds is 7. The Morgan fingerprint density at radius 1 is 0.825 bits per heavy atom. The molecule has 200 valence electrons. The quantitative estimate of drug-likeness (QED) is 0.178. The number of aromatic amines is 1. The number of H-pyrrole nitrogens is 1. The molecule has 0 fully saturated rings. The Bertz CT molecular complexity index is 1720. The van der Waals surface area contributed by atoms with Crippen LogP contribution in [0.15, 0.2) is 91.0 Å². The van der Waals surface area contributed by atoms with Gasteiger partial charge in [0, 0.05) is 40.9 Å². The van der Waals surface area contributed by atoms with Crippen molar-refractivity contribution in [2.75, 3.05) is 10.6 Å². The zero-order valence-corrected chi connectivity index (χ0v) is 22.3. The second-order valence-corrected chi connectivity index (χ2v) is 10.3. The lowest BCUT2D eigenvalue weighted by Gasteiger charge is -2.19. The summed E-state index contributed by atoms with van der Waals surface area (Å²) in [5.41, 5.74) is 15.9. The Balaban J connectivity index is 1.19. The molecule has 1 aliphatic rings. The van der Waals surface area contributed by atoms with Crippen molar-refractivity contribution >= 4 is 34.2 Å². The molecule has 1 aliphatic carbocycles. The van der Waals surface area contributed by atoms with Crippen LogP contribution in [-0.2, 0) is 24.2 Å². The fourth-order valence-corrected chi connectivity index (χ4v) is 5.39. The van der Waals surface area contributed by atoms with Gasteiger partial charge < -0.3 is 26.7 Å². The van der Waals surface area contributed by atoms with Crippen molar-refractivity contribution in [3.8, 4) is 11.1 Å². The summed E-state index contributed by atoms with van der Waals surface area (Å²) in [6.45, 7) is 2.43. The molecular formula is C33H31N5O2. The summed E-state index contributed by atoms with van der Waals surface area (Å²) >= 11 is 0. The third kappa shape index (κ3) is 5.32. The molecule has 7 heteroatoms. The predicted octanol–water partition coefficient (Wildman–Crippen LogP) is 5.88. The molecule has 40 heavy (non-hydrogen) atoms. The summed E-state index contributed by atoms with van der Waals surface area (Å²) in [5, 5.41) is 9.82. The minimum atomic E-state index is -0.800. The van der Waals surface area contributed by atoms with Crippen molar-refractivity contribution in [3.05, 3.63) is 119 Å². The Morgan fingerprint density at radius 2 is 1.55 bits per heavy atom. The molecule has 0 saturated heterocycles. The molecule has 0 spiro atoms. The molecule has 0 bridgehead atoms. The van der Waals surface area contributed by atoms with Crippen molar-refractivity contribution < 1.29 is 9.59 Å². The van der Waals surface area contributed by atoms with E-state index in [2.05, 4.69) is 33.1 Å². The van der Waals surface area contributed by atoms with Crippen LogP contribution in [0.25, 0.3) is 22.0 Å². The fourth-order valence-electron chi connectivity index (χ4n) is 5.39. The summed E-state index contributed by atoms with van der Waals surface area (Å²) in [7, 11) is 0. The zero-order valence-electron chi connectivity index (χ0n) is 22.3. The van der Waals surface area contributed by atoms with E-state index < -0.39 is 12.1 Å². The SMILES string of the molecule is Cc1cc2cc(NC(=O)[C@H](Cc3ccc(CN)cc3)NC(=O)Nc3ccc4c(c3)Cc3ccccc3-4)ccc2[nH]1. The molecule has 1 atom stereocenters. The van der Waals surface area contributed by atoms with Crippen LogP contribution >= 0.6 is 0 Å². The van der Waals surface area contributed by atoms with E-state index >= 15 is 0 Å². The average molecular weight is 530 g/mol. The van der Waals surface area contributed by atoms with Crippen molar-refractivity contribution in [1.82, 2.24) is 10.3 Å². The second kappa shape index (κ2) is 10.7. The number of nitrogens with one attached hydrogen (secondary N) is 4. The Morgan fingerprint density at radius 3 is 2.38 bits per heavy atom. The van der Waals surface area contributed by atoms with E-state index in [1.165, 1.54) is 22.3 Å². The highest BCUT2D eigenvalue weighted by Gasteiger charge is 2.23. The number of aromatic nitrogens is 1. The van der Waals surface area contributed by atoms with E-state index in [9.17, 15) is 9.59 Å². The lowest BCUT2D eigenvalue weighted by molar-refractivity contribution is -0.117. The number of benzene rings is 4. The summed E-state index contributed by atoms with van der Waals surface area (Å²) in [6.07, 6.45) is 1.16. The van der Waals surface area contributed by atoms with Crippen molar-refractivity contribution in [1.29, 1.82) is 0 Å². The first-order chi connectivity index (χ1) is 19.4. The molecule has 0 aliphatic heterocycles. The van der Waals surface area contributed by atoms with Crippen LogP contribution < -0.4 is 21.7 Å². The van der Waals surface area contributed by atoms with Gasteiger partial charge in [-0.1, -0.05) is 54.6 Å². The van der Waals surface area contributed by atoms with E-state index in [1.54, 1.807) is 0 Å². The van der Waals surface area contributed by atoms with Gasteiger partial charge in [0.05, 0.1) is 0 Å². The molecule has 0 radical (unpaired) electrons. The Hall–Kier alpha value is -4.88. The number of carbonyl (C=O) groups is 2. The normalized spacial score (nSPS) is 12.4. The summed E-state index contributed by atoms with van der Waals surface area (Å²) in [6, 6.07) is 28.5. The molecule has 0 saturated carbocycles. The first kappa shape index (κ1) is 25.4. The molecule has 5 aromatic rings. The smallest absolute Gasteiger partial charge is 0.319 e. The molecule has 6 rings (SSSR count). The van der Waals surface area contributed by atoms with Gasteiger partial charge in [-0.3, -0.25) is 4.79 Å². The van der Waals surface area contributed by atoms with Crippen LogP contribution in [0, 0.1) is 6.92 Å². The molecule has 1 heterocycles. The molecule has 7 nitrogen and oxygen atoms in total. The topological polar surface area (TPSA) is 112 Å². The van der Waals surface area contributed by atoms with E-state index in [0.29, 0.717) is 24.3 Å². The molecule has 1 aromatic heterocycles. The number of nitrogens with two attached hydrogens (primary N) is 1. The number of aryl methyl sites for hydroxylation is 1. The van der Waals surface area contributed by atoms with Gasteiger partial charge in [0.25, 0.3) is 0 Å². The van der Waals surface area contributed by atoms with Crippen LogP contribution in [0.5, 0.6) is 0 Å². The first-order valence-corrected chi connectivity index (χ1v) is 13.4. The Kier molecular flexibility index (Phi) is 6.80. The number of fused-ring (bicyclic) bond motifs is 4. The molecule has 3 amide bonds. The first-order valence-electron chi connectivity index (χ1n) is 13.4. The van der Waals surface area contributed by atoms with Crippen molar-refractivity contribution in [3.63, 3.8) is 0 Å². The van der Waals surface area contributed by atoms with Gasteiger partial charge in [0.2, 0.25) is 5.91 Å². The number of carbonyl (C=O) groups excluding carboxylic acids is 2. The van der Waals surface area contributed by atoms with E-state index in [4.69, 9.17) is 5.73 Å². The highest BCUT2D eigenvalue weighted by atomic mass is 16.2. The third-order valence-electron chi connectivity index (χ3n) is 7.39. The second-order valence-electron chi connectivity index (χ2n) is 10.3. The van der Waals surface area contributed by atoms with Gasteiger partial charge >= 0.3 is 6.03 Å². The summed E-state index contributed by atoms with van der Waals surface area (Å²) < 4.78 is 0. The van der Waals surface area contributed by atoms with Gasteiger partial charge in [-0.25, -0.2) is 4.79 Å². The Labute approximate surface area is 232 Å². The summed E-state index contributed by atoms with van der Waals surface area (Å²) in [4.78, 5) is 29.9. The lowest BCUT2D eigenvalue weighted by atomic mass is 10.0. The number of anilines is 2. The van der Waals surface area contributed by atoms with Gasteiger partial charge in [0.1, 0.15) is 6.04 Å². The van der Waals surface area contributed by atoms with Crippen molar-refractivity contribution in [2.24, 2.45) is 5.73 Å². The van der Waals surface area contributed by atoms with Gasteiger partial charge in [-0.15, -0.1) is 0 Å². The van der Waals surface area contributed by atoms with Crippen LogP contribution in [-0.4, -0.2) is 23.0 Å². The monoisotopic (exact) mass is 529 g/mol. The van der Waals surface area contributed by atoms with Crippen LogP contribution in [0.1, 0.15) is 27.9 Å². The average Bonchev–Trinajstić information content (AvgIpc) is 3.51. The number of hydrogen-bond donors (Lipinski definition) is 5. The standard InChI is InChI=1S/C33H31N5O2/c1-20-14-25-18-26(11-13-30(25)35-20)36-32(39)31(15-21-6-8-22(19-34)9-7-21)38-33(40)37-27-10-12-29-24(17-27)16-23-4-2-3-5-28(23)29/h2-14,17-18,31,35H,15-16,19,34H2,1H3,(H,36,39)(H2,37,38,40)/t31-/m0/s1. The maximum atomic E-state index is 13.5. The minimum Gasteiger partial charge on any atom is -0.359 e. The lowest BCUT2D eigenvalue weighted by Crippen LogP contribution is -2.46. The zero-order chi connectivity index (χ0) is 27.6. The minimum absolute atomic E-state index is 0.297. The predicted molar refractivity (Wildman–Crippen MR) is 160 cm³/mol. The third-order valence-corrected chi connectivity index (χ3v) is 7.39. The van der Waals surface area contributed by atoms with Gasteiger partial charge in [-0.05, 0) is 83.1 Å². The van der Waals surface area contributed by atoms with Crippen LogP contribution in [0.4, 0.5) is 16.2 Å². The molecule has 4 aromatic carbocycles. The number of urea groups is 1. The number of amides is 3. The van der Waals surface area contributed by atoms with E-state index in [0.717, 1.165) is 34.1 Å². The van der Waals surface area contributed by atoms with Crippen LogP contribution in [0.2, 0.25) is 0 Å². The highest BCUT2D eigenvalue weighted by Crippen LogP contribution is 2.37. The summed E-state index contributed by atoms with van der Waals surface area (Å²) in [5.74, 6) is -0.297. The fraction of sp³-hybridized carbons (Fsp3) is 0.152. The van der Waals surface area contributed by atoms with E-state index in [1.807, 2.05) is 85.8 Å². The molecule has 0 unspecified atom stereocenters.